The van der Waals surface area contributed by atoms with Crippen LogP contribution in [-0.2, 0) is 17.8 Å². The van der Waals surface area contributed by atoms with Crippen LogP contribution in [0.15, 0.2) is 72.8 Å². The third-order valence-electron chi connectivity index (χ3n) is 5.80. The van der Waals surface area contributed by atoms with E-state index >= 15 is 0 Å². The zero-order valence-electron chi connectivity index (χ0n) is 18.8. The fourth-order valence-electron chi connectivity index (χ4n) is 4.03. The highest BCUT2D eigenvalue weighted by Gasteiger charge is 2.12. The van der Waals surface area contributed by atoms with Gasteiger partial charge in [-0.05, 0) is 52.6 Å². The minimum absolute atomic E-state index is 0.232. The second-order valence-electron chi connectivity index (χ2n) is 8.18. The van der Waals surface area contributed by atoms with Crippen molar-refractivity contribution in [2.45, 2.75) is 13.1 Å². The Labute approximate surface area is 194 Å². The second kappa shape index (κ2) is 10.9. The van der Waals surface area contributed by atoms with Gasteiger partial charge in [-0.1, -0.05) is 42.5 Å². The summed E-state index contributed by atoms with van der Waals surface area (Å²) in [6.07, 6.45) is 0. The van der Waals surface area contributed by atoms with Gasteiger partial charge >= 0.3 is 5.97 Å². The molecule has 1 saturated heterocycles. The number of hydrogen-bond acceptors (Lipinski definition) is 5. The van der Waals surface area contributed by atoms with E-state index in [1.165, 1.54) is 18.2 Å². The number of carbonyl (C=O) groups is 2. The molecule has 1 fully saturated rings. The smallest absolute Gasteiger partial charge is 0.337 e. The number of benzene rings is 3. The van der Waals surface area contributed by atoms with E-state index in [0.717, 1.165) is 43.9 Å². The number of piperazine rings is 1. The maximum atomic E-state index is 12.6. The van der Waals surface area contributed by atoms with E-state index in [1.54, 1.807) is 24.3 Å². The highest BCUT2D eigenvalue weighted by molar-refractivity contribution is 5.97. The van der Waals surface area contributed by atoms with E-state index < -0.39 is 5.97 Å². The molecule has 0 spiro atoms. The first-order chi connectivity index (χ1) is 16.1. The Morgan fingerprint density at radius 1 is 0.879 bits per heavy atom. The molecule has 0 saturated carbocycles. The first-order valence-electron chi connectivity index (χ1n) is 11.2. The van der Waals surface area contributed by atoms with Gasteiger partial charge in [0.05, 0.1) is 12.7 Å². The number of nitrogens with one attached hydrogen (secondary N) is 2. The molecule has 0 radical (unpaired) electrons. The first-order valence-corrected chi connectivity index (χ1v) is 11.2. The van der Waals surface area contributed by atoms with Crippen molar-refractivity contribution in [2.75, 3.05) is 33.3 Å². The van der Waals surface area contributed by atoms with Gasteiger partial charge in [-0.15, -0.1) is 0 Å². The van der Waals surface area contributed by atoms with Crippen molar-refractivity contribution in [2.24, 2.45) is 0 Å². The number of amides is 1. The van der Waals surface area contributed by atoms with Gasteiger partial charge in [-0.25, -0.2) is 4.79 Å². The third-order valence-corrected chi connectivity index (χ3v) is 5.80. The van der Waals surface area contributed by atoms with Gasteiger partial charge in [-0.2, -0.15) is 0 Å². The van der Waals surface area contributed by atoms with Crippen molar-refractivity contribution in [1.29, 1.82) is 0 Å². The minimum atomic E-state index is -0.462. The van der Waals surface area contributed by atoms with Gasteiger partial charge in [0.2, 0.25) is 0 Å². The second-order valence-corrected chi connectivity index (χ2v) is 8.18. The van der Waals surface area contributed by atoms with Crippen LogP contribution >= 0.6 is 0 Å². The lowest BCUT2D eigenvalue weighted by Gasteiger charge is -2.27. The van der Waals surface area contributed by atoms with Crippen LogP contribution in [0, 0.1) is 0 Å². The van der Waals surface area contributed by atoms with Crippen molar-refractivity contribution >= 4 is 11.9 Å². The summed E-state index contributed by atoms with van der Waals surface area (Å²) in [5, 5.41) is 6.33. The van der Waals surface area contributed by atoms with Gasteiger partial charge in [0, 0.05) is 44.8 Å². The summed E-state index contributed by atoms with van der Waals surface area (Å²) in [5.74, 6) is -0.694. The quantitative estimate of drug-likeness (QED) is 0.547. The number of rotatable bonds is 7. The zero-order chi connectivity index (χ0) is 23.0. The van der Waals surface area contributed by atoms with Gasteiger partial charge in [0.25, 0.3) is 5.91 Å². The lowest BCUT2D eigenvalue weighted by atomic mass is 10.0. The number of nitrogens with zero attached hydrogens (tertiary/aromatic N) is 1. The van der Waals surface area contributed by atoms with Crippen molar-refractivity contribution < 1.29 is 14.3 Å². The standard InChI is InChI=1S/C27H29N3O3/c1-33-27(32)25-10-4-9-24(17-25)26(31)29-18-20-5-2-7-22(15-20)23-8-3-6-21(16-23)19-30-13-11-28-12-14-30/h2-10,15-17,28H,11-14,18-19H2,1H3,(H,29,31). The molecule has 1 aliphatic rings. The molecule has 6 heteroatoms. The summed E-state index contributed by atoms with van der Waals surface area (Å²) in [6.45, 7) is 5.58. The van der Waals surface area contributed by atoms with E-state index in [9.17, 15) is 9.59 Å². The Kier molecular flexibility index (Phi) is 7.50. The molecule has 1 amide bonds. The summed E-state index contributed by atoms with van der Waals surface area (Å²) in [4.78, 5) is 26.8. The Hall–Kier alpha value is -3.48. The molecule has 33 heavy (non-hydrogen) atoms. The van der Waals surface area contributed by atoms with E-state index in [4.69, 9.17) is 4.74 Å². The lowest BCUT2D eigenvalue weighted by molar-refractivity contribution is 0.0600. The molecule has 0 atom stereocenters. The van der Waals surface area contributed by atoms with Crippen LogP contribution in [0.2, 0.25) is 0 Å². The average molecular weight is 444 g/mol. The minimum Gasteiger partial charge on any atom is -0.465 e. The molecule has 6 nitrogen and oxygen atoms in total. The predicted octanol–water partition coefficient (Wildman–Crippen LogP) is 3.48. The summed E-state index contributed by atoms with van der Waals surface area (Å²) in [6, 6.07) is 23.4. The Balaban J connectivity index is 1.41. The van der Waals surface area contributed by atoms with E-state index in [1.807, 2.05) is 12.1 Å². The largest absolute Gasteiger partial charge is 0.465 e. The van der Waals surface area contributed by atoms with E-state index in [2.05, 4.69) is 51.9 Å². The number of hydrogen-bond donors (Lipinski definition) is 2. The van der Waals surface area contributed by atoms with Gasteiger partial charge in [-0.3, -0.25) is 9.69 Å². The fourth-order valence-corrected chi connectivity index (χ4v) is 4.03. The molecule has 0 aliphatic carbocycles. The van der Waals surface area contributed by atoms with Gasteiger partial charge < -0.3 is 15.4 Å². The number of esters is 1. The molecule has 2 N–H and O–H groups in total. The summed E-state index contributed by atoms with van der Waals surface area (Å²) in [5.41, 5.74) is 5.39. The van der Waals surface area contributed by atoms with Gasteiger partial charge in [0.15, 0.2) is 0 Å². The van der Waals surface area contributed by atoms with Crippen molar-refractivity contribution in [3.8, 4) is 11.1 Å². The van der Waals surface area contributed by atoms with Crippen LogP contribution < -0.4 is 10.6 Å². The highest BCUT2D eigenvalue weighted by atomic mass is 16.5. The van der Waals surface area contributed by atoms with Crippen LogP contribution in [-0.4, -0.2) is 50.1 Å². The molecule has 3 aromatic rings. The van der Waals surface area contributed by atoms with Crippen LogP contribution in [0.5, 0.6) is 0 Å². The molecular formula is C27H29N3O3. The predicted molar refractivity (Wildman–Crippen MR) is 129 cm³/mol. The average Bonchev–Trinajstić information content (AvgIpc) is 2.88. The molecular weight excluding hydrogens is 414 g/mol. The molecule has 1 aliphatic heterocycles. The normalized spacial score (nSPS) is 14.0. The van der Waals surface area contributed by atoms with Crippen molar-refractivity contribution in [3.63, 3.8) is 0 Å². The SMILES string of the molecule is COC(=O)c1cccc(C(=O)NCc2cccc(-c3cccc(CN4CCNCC4)c3)c2)c1. The maximum Gasteiger partial charge on any atom is 0.337 e. The number of ether oxygens (including phenoxy) is 1. The van der Waals surface area contributed by atoms with Crippen LogP contribution in [0.1, 0.15) is 31.8 Å². The maximum absolute atomic E-state index is 12.6. The van der Waals surface area contributed by atoms with Gasteiger partial charge in [0.1, 0.15) is 0 Å². The Morgan fingerprint density at radius 3 is 2.24 bits per heavy atom. The Morgan fingerprint density at radius 2 is 1.52 bits per heavy atom. The van der Waals surface area contributed by atoms with Crippen molar-refractivity contribution in [1.82, 2.24) is 15.5 Å². The first kappa shape index (κ1) is 22.7. The van der Waals surface area contributed by atoms with Crippen LogP contribution in [0.4, 0.5) is 0 Å². The topological polar surface area (TPSA) is 70.7 Å². The lowest BCUT2D eigenvalue weighted by Crippen LogP contribution is -2.42. The molecule has 0 aromatic heterocycles. The highest BCUT2D eigenvalue weighted by Crippen LogP contribution is 2.22. The van der Waals surface area contributed by atoms with E-state index in [0.29, 0.717) is 17.7 Å². The molecule has 4 rings (SSSR count). The molecule has 1 heterocycles. The molecule has 0 unspecified atom stereocenters. The summed E-state index contributed by atoms with van der Waals surface area (Å²) >= 11 is 0. The monoisotopic (exact) mass is 443 g/mol. The van der Waals surface area contributed by atoms with Crippen molar-refractivity contribution in [3.05, 3.63) is 95.1 Å². The van der Waals surface area contributed by atoms with Crippen LogP contribution in [0.25, 0.3) is 11.1 Å². The summed E-state index contributed by atoms with van der Waals surface area (Å²) in [7, 11) is 1.32. The number of carbonyl (C=O) groups excluding carboxylic acids is 2. The summed E-state index contributed by atoms with van der Waals surface area (Å²) < 4.78 is 4.73. The molecule has 170 valence electrons. The van der Waals surface area contributed by atoms with E-state index in [-0.39, 0.29) is 5.91 Å². The zero-order valence-corrected chi connectivity index (χ0v) is 18.8. The Bertz CT molecular complexity index is 1120. The van der Waals surface area contributed by atoms with Crippen LogP contribution in [0.3, 0.4) is 0 Å². The third kappa shape index (κ3) is 6.06. The fraction of sp³-hybridized carbons (Fsp3) is 0.259. The number of methoxy groups -OCH3 is 1. The molecule has 0 bridgehead atoms. The molecule has 3 aromatic carbocycles.